The van der Waals surface area contributed by atoms with Crippen LogP contribution < -0.4 is 4.90 Å². The van der Waals surface area contributed by atoms with Crippen molar-refractivity contribution in [2.45, 2.75) is 18.3 Å². The number of fused-ring (bicyclic) bond motifs is 2. The Morgan fingerprint density at radius 3 is 2.67 bits per heavy atom. The highest BCUT2D eigenvalue weighted by atomic mass is 15.3. The van der Waals surface area contributed by atoms with Gasteiger partial charge in [-0.25, -0.2) is 4.52 Å². The first-order valence-electron chi connectivity index (χ1n) is 11.1. The van der Waals surface area contributed by atoms with E-state index in [9.17, 15) is 5.26 Å². The summed E-state index contributed by atoms with van der Waals surface area (Å²) in [7, 11) is 1.96. The lowest BCUT2D eigenvalue weighted by Crippen LogP contribution is -2.42. The first-order chi connectivity index (χ1) is 16.2. The van der Waals surface area contributed by atoms with Crippen LogP contribution in [-0.4, -0.2) is 37.5 Å². The number of aromatic nitrogens is 5. The second-order valence-electron chi connectivity index (χ2n) is 8.68. The van der Waals surface area contributed by atoms with Crippen molar-refractivity contribution in [3.63, 3.8) is 0 Å². The normalized spacial score (nSPS) is 15.7. The van der Waals surface area contributed by atoms with E-state index in [1.165, 1.54) is 0 Å². The third-order valence-electron chi connectivity index (χ3n) is 6.91. The van der Waals surface area contributed by atoms with Crippen molar-refractivity contribution in [3.8, 4) is 17.2 Å². The average Bonchev–Trinajstić information content (AvgIpc) is 3.48. The van der Waals surface area contributed by atoms with E-state index < -0.39 is 5.41 Å². The number of nitriles is 1. The third kappa shape index (κ3) is 3.06. The molecule has 1 aliphatic rings. The van der Waals surface area contributed by atoms with Crippen LogP contribution in [0.2, 0.25) is 0 Å². The minimum atomic E-state index is -0.531. The van der Waals surface area contributed by atoms with E-state index in [0.29, 0.717) is 0 Å². The molecule has 5 aromatic rings. The Hall–Kier alpha value is -4.18. The predicted octanol–water partition coefficient (Wildman–Crippen LogP) is 4.34. The summed E-state index contributed by atoms with van der Waals surface area (Å²) in [6.45, 7) is 1.57. The molecule has 7 nitrogen and oxygen atoms in total. The van der Waals surface area contributed by atoms with E-state index in [1.807, 2.05) is 59.1 Å². The molecule has 1 aliphatic heterocycles. The average molecular weight is 434 g/mol. The SMILES string of the molecule is Cn1ncc2ccc(-c3cnn4cccc(N5CCC(C#N)(c6ccccn6)CC5)c34)cc21. The van der Waals surface area contributed by atoms with Gasteiger partial charge in [0.05, 0.1) is 40.9 Å². The Bertz CT molecular complexity index is 1500. The lowest BCUT2D eigenvalue weighted by atomic mass is 9.76. The molecule has 1 aromatic carbocycles. The number of rotatable bonds is 3. The summed E-state index contributed by atoms with van der Waals surface area (Å²) in [6, 6.07) is 19.0. The van der Waals surface area contributed by atoms with E-state index in [4.69, 9.17) is 0 Å². The number of aryl methyl sites for hydroxylation is 1. The fourth-order valence-corrected chi connectivity index (χ4v) is 5.00. The molecule has 162 valence electrons. The van der Waals surface area contributed by atoms with Crippen LogP contribution in [0.15, 0.2) is 73.3 Å². The van der Waals surface area contributed by atoms with Crippen molar-refractivity contribution in [2.24, 2.45) is 7.05 Å². The molecule has 33 heavy (non-hydrogen) atoms. The molecule has 0 radical (unpaired) electrons. The van der Waals surface area contributed by atoms with Gasteiger partial charge in [-0.2, -0.15) is 15.5 Å². The summed E-state index contributed by atoms with van der Waals surface area (Å²) in [5, 5.41) is 20.2. The molecular formula is C26H23N7. The molecule has 7 heteroatoms. The maximum Gasteiger partial charge on any atom is 0.103 e. The second-order valence-corrected chi connectivity index (χ2v) is 8.68. The lowest BCUT2D eigenvalue weighted by Gasteiger charge is -2.38. The maximum atomic E-state index is 10.0. The van der Waals surface area contributed by atoms with Crippen molar-refractivity contribution < 1.29 is 0 Å². The monoisotopic (exact) mass is 433 g/mol. The van der Waals surface area contributed by atoms with Crippen LogP contribution in [0.5, 0.6) is 0 Å². The van der Waals surface area contributed by atoms with Crippen LogP contribution in [0.3, 0.4) is 0 Å². The zero-order chi connectivity index (χ0) is 22.4. The second kappa shape index (κ2) is 7.45. The van der Waals surface area contributed by atoms with Gasteiger partial charge in [0, 0.05) is 43.5 Å². The van der Waals surface area contributed by atoms with E-state index in [-0.39, 0.29) is 0 Å². The molecule has 4 aromatic heterocycles. The van der Waals surface area contributed by atoms with Gasteiger partial charge in [0.1, 0.15) is 5.41 Å². The number of piperidine rings is 1. The summed E-state index contributed by atoms with van der Waals surface area (Å²) >= 11 is 0. The van der Waals surface area contributed by atoms with Crippen molar-refractivity contribution >= 4 is 22.1 Å². The molecule has 0 N–H and O–H groups in total. The van der Waals surface area contributed by atoms with E-state index >= 15 is 0 Å². The van der Waals surface area contributed by atoms with Gasteiger partial charge < -0.3 is 4.90 Å². The van der Waals surface area contributed by atoms with Gasteiger partial charge in [0.25, 0.3) is 0 Å². The molecule has 0 amide bonds. The van der Waals surface area contributed by atoms with Gasteiger partial charge in [-0.15, -0.1) is 0 Å². The van der Waals surface area contributed by atoms with Crippen molar-refractivity contribution in [3.05, 3.63) is 79.0 Å². The Kier molecular flexibility index (Phi) is 4.40. The van der Waals surface area contributed by atoms with Crippen LogP contribution in [-0.2, 0) is 12.5 Å². The number of pyridine rings is 2. The van der Waals surface area contributed by atoms with Crippen LogP contribution in [0, 0.1) is 11.3 Å². The minimum absolute atomic E-state index is 0.531. The highest BCUT2D eigenvalue weighted by Gasteiger charge is 2.38. The molecule has 5 heterocycles. The number of hydrogen-bond acceptors (Lipinski definition) is 5. The van der Waals surface area contributed by atoms with E-state index in [0.717, 1.165) is 64.9 Å². The van der Waals surface area contributed by atoms with Crippen molar-refractivity contribution in [1.82, 2.24) is 24.4 Å². The van der Waals surface area contributed by atoms with Gasteiger partial charge in [-0.3, -0.25) is 9.67 Å². The highest BCUT2D eigenvalue weighted by molar-refractivity contribution is 5.93. The third-order valence-corrected chi connectivity index (χ3v) is 6.91. The smallest absolute Gasteiger partial charge is 0.103 e. The minimum Gasteiger partial charge on any atom is -0.370 e. The fraction of sp³-hybridized carbons (Fsp3) is 0.231. The van der Waals surface area contributed by atoms with E-state index in [2.05, 4.69) is 50.4 Å². The highest BCUT2D eigenvalue weighted by Crippen LogP contribution is 2.38. The summed E-state index contributed by atoms with van der Waals surface area (Å²) in [5.74, 6) is 0. The number of benzene rings is 1. The maximum absolute atomic E-state index is 10.0. The van der Waals surface area contributed by atoms with Crippen LogP contribution in [0.25, 0.3) is 27.5 Å². The summed E-state index contributed by atoms with van der Waals surface area (Å²) < 4.78 is 3.85. The molecule has 0 bridgehead atoms. The zero-order valence-corrected chi connectivity index (χ0v) is 18.4. The van der Waals surface area contributed by atoms with Crippen LogP contribution in [0.4, 0.5) is 5.69 Å². The van der Waals surface area contributed by atoms with Gasteiger partial charge in [0.15, 0.2) is 0 Å². The van der Waals surface area contributed by atoms with Gasteiger partial charge in [0.2, 0.25) is 0 Å². The largest absolute Gasteiger partial charge is 0.370 e. The molecule has 6 rings (SSSR count). The van der Waals surface area contributed by atoms with Crippen LogP contribution >= 0.6 is 0 Å². The van der Waals surface area contributed by atoms with Gasteiger partial charge >= 0.3 is 0 Å². The van der Waals surface area contributed by atoms with Gasteiger partial charge in [-0.05, 0) is 48.7 Å². The molecule has 0 spiro atoms. The molecule has 1 fully saturated rings. The number of hydrogen-bond donors (Lipinski definition) is 0. The van der Waals surface area contributed by atoms with Crippen LogP contribution in [0.1, 0.15) is 18.5 Å². The number of anilines is 1. The molecule has 0 aliphatic carbocycles. The van der Waals surface area contributed by atoms with Gasteiger partial charge in [-0.1, -0.05) is 18.2 Å². The number of nitrogens with zero attached hydrogens (tertiary/aromatic N) is 7. The molecule has 1 saturated heterocycles. The van der Waals surface area contributed by atoms with Crippen molar-refractivity contribution in [2.75, 3.05) is 18.0 Å². The molecule has 0 atom stereocenters. The summed E-state index contributed by atoms with van der Waals surface area (Å²) in [5.41, 5.74) is 5.87. The molecule has 0 saturated carbocycles. The Morgan fingerprint density at radius 2 is 1.88 bits per heavy atom. The fourth-order valence-electron chi connectivity index (χ4n) is 5.00. The summed E-state index contributed by atoms with van der Waals surface area (Å²) in [6.07, 6.45) is 9.07. The first kappa shape index (κ1) is 19.5. The Balaban J connectivity index is 1.39. The Labute approximate surface area is 191 Å². The lowest BCUT2D eigenvalue weighted by molar-refractivity contribution is 0.407. The Morgan fingerprint density at radius 1 is 1.00 bits per heavy atom. The quantitative estimate of drug-likeness (QED) is 0.423. The van der Waals surface area contributed by atoms with E-state index in [1.54, 1.807) is 6.20 Å². The zero-order valence-electron chi connectivity index (χ0n) is 18.4. The standard InChI is InChI=1S/C26H23N7/c1-31-23-15-19(7-8-20(23)16-29-31)21-17-30-33-12-4-5-22(25(21)33)32-13-9-26(18-27,10-14-32)24-6-2-3-11-28-24/h2-8,11-12,15-17H,9-10,13-14H2,1H3. The molecule has 0 unspecified atom stereocenters. The molecular weight excluding hydrogens is 410 g/mol. The van der Waals surface area contributed by atoms with Crippen molar-refractivity contribution in [1.29, 1.82) is 5.26 Å². The summed E-state index contributed by atoms with van der Waals surface area (Å²) in [4.78, 5) is 6.88. The predicted molar refractivity (Wildman–Crippen MR) is 128 cm³/mol. The first-order valence-corrected chi connectivity index (χ1v) is 11.1. The topological polar surface area (TPSA) is 75.0 Å².